The number of sulfonamides is 1. The number of hydrogen-bond acceptors (Lipinski definition) is 5. The van der Waals surface area contributed by atoms with Crippen molar-refractivity contribution in [3.05, 3.63) is 58.8 Å². The standard InChI is InChI=1S/C21H24N2O4S/c1-6-16-9-7-8-13(2)20(16)23-28(24,25)19-12-17(10-11-18(19)26-5)21-14(3)15(4)22-27-21/h7-12,23H,6H2,1-5H3. The maximum Gasteiger partial charge on any atom is 0.265 e. The van der Waals surface area contributed by atoms with Crippen LogP contribution in [-0.2, 0) is 16.4 Å². The summed E-state index contributed by atoms with van der Waals surface area (Å²) in [4.78, 5) is 0.0475. The maximum atomic E-state index is 13.2. The maximum absolute atomic E-state index is 13.2. The molecule has 1 aromatic heterocycles. The number of ether oxygens (including phenoxy) is 1. The van der Waals surface area contributed by atoms with Gasteiger partial charge in [0.2, 0.25) is 0 Å². The van der Waals surface area contributed by atoms with Crippen molar-refractivity contribution >= 4 is 15.7 Å². The molecule has 7 heteroatoms. The van der Waals surface area contributed by atoms with E-state index in [2.05, 4.69) is 9.88 Å². The SMILES string of the molecule is CCc1cccc(C)c1NS(=O)(=O)c1cc(-c2onc(C)c2C)ccc1OC. The molecule has 3 rings (SSSR count). The molecule has 0 bridgehead atoms. The highest BCUT2D eigenvalue weighted by molar-refractivity contribution is 7.92. The molecule has 1 heterocycles. The van der Waals surface area contributed by atoms with Gasteiger partial charge in [-0.05, 0) is 56.5 Å². The highest BCUT2D eigenvalue weighted by atomic mass is 32.2. The van der Waals surface area contributed by atoms with Gasteiger partial charge in [-0.3, -0.25) is 4.72 Å². The molecule has 2 aromatic carbocycles. The Morgan fingerprint density at radius 1 is 1.14 bits per heavy atom. The van der Waals surface area contributed by atoms with Gasteiger partial charge in [0, 0.05) is 11.1 Å². The van der Waals surface area contributed by atoms with Gasteiger partial charge in [0.25, 0.3) is 10.0 Å². The van der Waals surface area contributed by atoms with Crippen molar-refractivity contribution in [2.75, 3.05) is 11.8 Å². The normalized spacial score (nSPS) is 11.5. The number of rotatable bonds is 6. The van der Waals surface area contributed by atoms with Crippen LogP contribution in [0.1, 0.15) is 29.3 Å². The third-order valence-electron chi connectivity index (χ3n) is 4.85. The number of para-hydroxylation sites is 1. The van der Waals surface area contributed by atoms with E-state index in [1.807, 2.05) is 45.9 Å². The molecule has 0 aliphatic carbocycles. The first-order chi connectivity index (χ1) is 13.3. The molecule has 0 spiro atoms. The fourth-order valence-corrected chi connectivity index (χ4v) is 4.44. The van der Waals surface area contributed by atoms with Crippen LogP contribution in [0.15, 0.2) is 45.8 Å². The Balaban J connectivity index is 2.11. The number of anilines is 1. The largest absolute Gasteiger partial charge is 0.495 e. The zero-order valence-electron chi connectivity index (χ0n) is 16.7. The van der Waals surface area contributed by atoms with E-state index >= 15 is 0 Å². The molecule has 148 valence electrons. The minimum absolute atomic E-state index is 0.0475. The molecule has 0 saturated carbocycles. The van der Waals surface area contributed by atoms with Crippen LogP contribution < -0.4 is 9.46 Å². The van der Waals surface area contributed by atoms with E-state index < -0.39 is 10.0 Å². The molecule has 0 aliphatic rings. The van der Waals surface area contributed by atoms with Crippen molar-refractivity contribution in [2.45, 2.75) is 39.0 Å². The average molecular weight is 401 g/mol. The van der Waals surface area contributed by atoms with Crippen molar-refractivity contribution in [2.24, 2.45) is 0 Å². The van der Waals surface area contributed by atoms with Crippen molar-refractivity contribution in [3.63, 3.8) is 0 Å². The second kappa shape index (κ2) is 7.67. The van der Waals surface area contributed by atoms with Gasteiger partial charge in [-0.25, -0.2) is 8.42 Å². The van der Waals surface area contributed by atoms with E-state index in [1.54, 1.807) is 18.2 Å². The van der Waals surface area contributed by atoms with Crippen LogP contribution >= 0.6 is 0 Å². The molecule has 0 unspecified atom stereocenters. The van der Waals surface area contributed by atoms with Gasteiger partial charge < -0.3 is 9.26 Å². The summed E-state index contributed by atoms with van der Waals surface area (Å²) in [6.07, 6.45) is 0.716. The second-order valence-electron chi connectivity index (χ2n) is 6.66. The Labute approximate surface area is 165 Å². The topological polar surface area (TPSA) is 81.4 Å². The first-order valence-corrected chi connectivity index (χ1v) is 10.5. The third-order valence-corrected chi connectivity index (χ3v) is 6.22. The van der Waals surface area contributed by atoms with Crippen molar-refractivity contribution in [1.82, 2.24) is 5.16 Å². The minimum Gasteiger partial charge on any atom is -0.495 e. The van der Waals surface area contributed by atoms with Crippen LogP contribution in [0.2, 0.25) is 0 Å². The van der Waals surface area contributed by atoms with Gasteiger partial charge >= 0.3 is 0 Å². The van der Waals surface area contributed by atoms with Crippen LogP contribution in [-0.4, -0.2) is 20.7 Å². The zero-order valence-corrected chi connectivity index (χ0v) is 17.5. The van der Waals surface area contributed by atoms with Crippen LogP contribution in [0.5, 0.6) is 5.75 Å². The smallest absolute Gasteiger partial charge is 0.265 e. The molecule has 1 N–H and O–H groups in total. The lowest BCUT2D eigenvalue weighted by Crippen LogP contribution is -2.16. The van der Waals surface area contributed by atoms with Gasteiger partial charge in [-0.1, -0.05) is 30.3 Å². The Hall–Kier alpha value is -2.80. The molecule has 6 nitrogen and oxygen atoms in total. The molecule has 0 radical (unpaired) electrons. The number of hydrogen-bond donors (Lipinski definition) is 1. The molecule has 28 heavy (non-hydrogen) atoms. The molecule has 0 aliphatic heterocycles. The van der Waals surface area contributed by atoms with Crippen molar-refractivity contribution in [3.8, 4) is 17.1 Å². The third kappa shape index (κ3) is 3.62. The summed E-state index contributed by atoms with van der Waals surface area (Å²) in [5.41, 5.74) is 4.65. The highest BCUT2D eigenvalue weighted by Crippen LogP contribution is 2.34. The van der Waals surface area contributed by atoms with Gasteiger partial charge in [0.15, 0.2) is 5.76 Å². The summed E-state index contributed by atoms with van der Waals surface area (Å²) in [5.74, 6) is 0.804. The molecular weight excluding hydrogens is 376 g/mol. The fraction of sp³-hybridized carbons (Fsp3) is 0.286. The van der Waals surface area contributed by atoms with E-state index in [-0.39, 0.29) is 10.6 Å². The average Bonchev–Trinajstić information content (AvgIpc) is 3.01. The molecule has 0 fully saturated rings. The number of nitrogens with zero attached hydrogens (tertiary/aromatic N) is 1. The predicted octanol–water partition coefficient (Wildman–Crippen LogP) is 4.64. The number of aryl methyl sites for hydroxylation is 3. The molecular formula is C21H24N2O4S. The lowest BCUT2D eigenvalue weighted by Gasteiger charge is -2.16. The van der Waals surface area contributed by atoms with E-state index in [9.17, 15) is 8.42 Å². The van der Waals surface area contributed by atoms with Gasteiger partial charge in [0.05, 0.1) is 18.5 Å². The highest BCUT2D eigenvalue weighted by Gasteiger charge is 2.24. The summed E-state index contributed by atoms with van der Waals surface area (Å²) >= 11 is 0. The molecule has 0 atom stereocenters. The van der Waals surface area contributed by atoms with Crippen molar-refractivity contribution in [1.29, 1.82) is 0 Å². The van der Waals surface area contributed by atoms with Gasteiger partial charge in [-0.15, -0.1) is 0 Å². The van der Waals surface area contributed by atoms with Crippen LogP contribution in [0.25, 0.3) is 11.3 Å². The van der Waals surface area contributed by atoms with E-state index in [4.69, 9.17) is 9.26 Å². The minimum atomic E-state index is -3.88. The number of methoxy groups -OCH3 is 1. The van der Waals surface area contributed by atoms with Crippen molar-refractivity contribution < 1.29 is 17.7 Å². The quantitative estimate of drug-likeness (QED) is 0.652. The second-order valence-corrected chi connectivity index (χ2v) is 8.31. The Bertz CT molecular complexity index is 1120. The number of benzene rings is 2. The summed E-state index contributed by atoms with van der Waals surface area (Å²) in [6.45, 7) is 7.60. The Morgan fingerprint density at radius 3 is 2.50 bits per heavy atom. The lowest BCUT2D eigenvalue weighted by atomic mass is 10.1. The molecule has 3 aromatic rings. The van der Waals surface area contributed by atoms with Gasteiger partial charge in [0.1, 0.15) is 10.6 Å². The number of nitrogens with one attached hydrogen (secondary N) is 1. The first kappa shape index (κ1) is 19.9. The van der Waals surface area contributed by atoms with E-state index in [0.717, 1.165) is 22.4 Å². The summed E-state index contributed by atoms with van der Waals surface area (Å²) in [7, 11) is -2.44. The van der Waals surface area contributed by atoms with Crippen LogP contribution in [0, 0.1) is 20.8 Å². The van der Waals surface area contributed by atoms with E-state index in [0.29, 0.717) is 23.4 Å². The van der Waals surface area contributed by atoms with Crippen LogP contribution in [0.3, 0.4) is 0 Å². The summed E-state index contributed by atoms with van der Waals surface area (Å²) in [6, 6.07) is 10.7. The zero-order chi connectivity index (χ0) is 20.5. The number of aromatic nitrogens is 1. The van der Waals surface area contributed by atoms with Gasteiger partial charge in [-0.2, -0.15) is 0 Å². The lowest BCUT2D eigenvalue weighted by molar-refractivity contribution is 0.402. The summed E-state index contributed by atoms with van der Waals surface area (Å²) in [5, 5.41) is 3.96. The molecule has 0 amide bonds. The van der Waals surface area contributed by atoms with Crippen LogP contribution in [0.4, 0.5) is 5.69 Å². The molecule has 0 saturated heterocycles. The monoisotopic (exact) mass is 400 g/mol. The summed E-state index contributed by atoms with van der Waals surface area (Å²) < 4.78 is 39.9. The Kier molecular flexibility index (Phi) is 5.47. The predicted molar refractivity (Wildman–Crippen MR) is 109 cm³/mol. The Morgan fingerprint density at radius 2 is 1.89 bits per heavy atom. The van der Waals surface area contributed by atoms with E-state index in [1.165, 1.54) is 7.11 Å². The first-order valence-electron chi connectivity index (χ1n) is 9.01. The fourth-order valence-electron chi connectivity index (χ4n) is 3.07.